The molecule has 0 saturated carbocycles. The van der Waals surface area contributed by atoms with Gasteiger partial charge in [-0.3, -0.25) is 0 Å². The van der Waals surface area contributed by atoms with Crippen molar-refractivity contribution in [1.29, 1.82) is 0 Å². The van der Waals surface area contributed by atoms with E-state index in [1.165, 1.54) is 19.1 Å². The van der Waals surface area contributed by atoms with E-state index in [1.807, 2.05) is 18.2 Å². The summed E-state index contributed by atoms with van der Waals surface area (Å²) in [6.07, 6.45) is 0. The summed E-state index contributed by atoms with van der Waals surface area (Å²) < 4.78 is 5.90. The summed E-state index contributed by atoms with van der Waals surface area (Å²) in [4.78, 5) is 23.2. The lowest BCUT2D eigenvalue weighted by atomic mass is 9.93. The second-order valence-corrected chi connectivity index (χ2v) is 5.94. The van der Waals surface area contributed by atoms with E-state index in [0.29, 0.717) is 28.3 Å². The van der Waals surface area contributed by atoms with Crippen molar-refractivity contribution in [3.05, 3.63) is 77.4 Å². The van der Waals surface area contributed by atoms with Crippen LogP contribution in [0.2, 0.25) is 0 Å². The van der Waals surface area contributed by atoms with E-state index in [0.717, 1.165) is 0 Å². The van der Waals surface area contributed by atoms with Crippen LogP contribution in [0.1, 0.15) is 26.3 Å². The number of nitrogen functional groups attached to an aromatic ring is 1. The average molecular weight is 363 g/mol. The molecule has 0 aromatic heterocycles. The number of carboxylic acid groups (broad SMARTS) is 2. The number of rotatable bonds is 5. The standard InChI is InChI=1S/C21H17NO5/c1-12-15(20(23)24)10-13(11-16(12)21(25)26)19-17(22)8-5-9-18(19)27-14-6-3-2-4-7-14/h2-11H,22H2,1H3,(H,23,24)(H,25,26). The first kappa shape index (κ1) is 18.0. The summed E-state index contributed by atoms with van der Waals surface area (Å²) in [7, 11) is 0. The van der Waals surface area contributed by atoms with Crippen LogP contribution in [0.15, 0.2) is 60.7 Å². The van der Waals surface area contributed by atoms with Gasteiger partial charge in [0.1, 0.15) is 11.5 Å². The fraction of sp³-hybridized carbons (Fsp3) is 0.0476. The fourth-order valence-corrected chi connectivity index (χ4v) is 2.86. The minimum absolute atomic E-state index is 0.0983. The average Bonchev–Trinajstić information content (AvgIpc) is 2.63. The predicted molar refractivity (Wildman–Crippen MR) is 101 cm³/mol. The number of hydrogen-bond acceptors (Lipinski definition) is 4. The lowest BCUT2D eigenvalue weighted by Crippen LogP contribution is -2.08. The van der Waals surface area contributed by atoms with Crippen LogP contribution in [-0.4, -0.2) is 22.2 Å². The Kier molecular flexibility index (Phi) is 4.81. The molecule has 0 fully saturated rings. The van der Waals surface area contributed by atoms with Crippen LogP contribution in [-0.2, 0) is 0 Å². The monoisotopic (exact) mass is 363 g/mol. The summed E-state index contributed by atoms with van der Waals surface area (Å²) in [6, 6.07) is 16.9. The molecule has 6 heteroatoms. The molecule has 0 saturated heterocycles. The van der Waals surface area contributed by atoms with Crippen LogP contribution in [0, 0.1) is 6.92 Å². The molecule has 136 valence electrons. The number of ether oxygens (including phenoxy) is 1. The molecule has 0 amide bonds. The van der Waals surface area contributed by atoms with Crippen LogP contribution in [0.3, 0.4) is 0 Å². The van der Waals surface area contributed by atoms with E-state index in [2.05, 4.69) is 0 Å². The van der Waals surface area contributed by atoms with Crippen molar-refractivity contribution in [2.45, 2.75) is 6.92 Å². The van der Waals surface area contributed by atoms with Gasteiger partial charge in [-0.25, -0.2) is 9.59 Å². The predicted octanol–water partition coefficient (Wildman–Crippen LogP) is 4.43. The molecule has 3 rings (SSSR count). The van der Waals surface area contributed by atoms with Gasteiger partial charge in [-0.15, -0.1) is 0 Å². The number of para-hydroxylation sites is 1. The minimum atomic E-state index is -1.21. The summed E-state index contributed by atoms with van der Waals surface area (Å²) >= 11 is 0. The first-order valence-electron chi connectivity index (χ1n) is 8.11. The Labute approximate surface area is 155 Å². The van der Waals surface area contributed by atoms with Crippen molar-refractivity contribution in [3.8, 4) is 22.6 Å². The molecule has 6 nitrogen and oxygen atoms in total. The molecule has 0 spiro atoms. The SMILES string of the molecule is Cc1c(C(=O)O)cc(-c2c(N)cccc2Oc2ccccc2)cc1C(=O)O. The lowest BCUT2D eigenvalue weighted by Gasteiger charge is -2.16. The highest BCUT2D eigenvalue weighted by molar-refractivity contribution is 6.00. The molecule has 4 N–H and O–H groups in total. The fourth-order valence-electron chi connectivity index (χ4n) is 2.86. The number of anilines is 1. The molecule has 0 bridgehead atoms. The molecule has 0 radical (unpaired) electrons. The van der Waals surface area contributed by atoms with E-state index < -0.39 is 11.9 Å². The number of nitrogens with two attached hydrogens (primary N) is 1. The Balaban J connectivity index is 2.22. The summed E-state index contributed by atoms with van der Waals surface area (Å²) in [5.41, 5.74) is 7.25. The lowest BCUT2D eigenvalue weighted by molar-refractivity contribution is 0.0696. The molecule has 0 aliphatic heterocycles. The van der Waals surface area contributed by atoms with Crippen molar-refractivity contribution in [3.63, 3.8) is 0 Å². The van der Waals surface area contributed by atoms with Gasteiger partial charge >= 0.3 is 11.9 Å². The molecule has 0 unspecified atom stereocenters. The summed E-state index contributed by atoms with van der Waals surface area (Å²) in [6.45, 7) is 1.46. The van der Waals surface area contributed by atoms with Gasteiger partial charge in [-0.2, -0.15) is 0 Å². The highest BCUT2D eigenvalue weighted by atomic mass is 16.5. The maximum atomic E-state index is 11.6. The van der Waals surface area contributed by atoms with Crippen LogP contribution in [0.25, 0.3) is 11.1 Å². The van der Waals surface area contributed by atoms with Gasteiger partial charge in [0.2, 0.25) is 0 Å². The normalized spacial score (nSPS) is 10.4. The second-order valence-electron chi connectivity index (χ2n) is 5.94. The Hall–Kier alpha value is -3.80. The van der Waals surface area contributed by atoms with Crippen molar-refractivity contribution >= 4 is 17.6 Å². The third kappa shape index (κ3) is 3.59. The quantitative estimate of drug-likeness (QED) is 0.578. The second kappa shape index (κ2) is 7.21. The van der Waals surface area contributed by atoms with E-state index in [1.54, 1.807) is 30.3 Å². The van der Waals surface area contributed by atoms with Crippen molar-refractivity contribution in [2.24, 2.45) is 0 Å². The van der Waals surface area contributed by atoms with E-state index >= 15 is 0 Å². The molecule has 0 aliphatic rings. The smallest absolute Gasteiger partial charge is 0.335 e. The molecule has 0 aliphatic carbocycles. The minimum Gasteiger partial charge on any atom is -0.478 e. The van der Waals surface area contributed by atoms with Crippen LogP contribution in [0.5, 0.6) is 11.5 Å². The molecule has 0 atom stereocenters. The summed E-state index contributed by atoms with van der Waals surface area (Å²) in [5.74, 6) is -1.44. The molecular weight excluding hydrogens is 346 g/mol. The largest absolute Gasteiger partial charge is 0.478 e. The van der Waals surface area contributed by atoms with E-state index in [4.69, 9.17) is 10.5 Å². The Morgan fingerprint density at radius 1 is 0.889 bits per heavy atom. The zero-order chi connectivity index (χ0) is 19.6. The first-order valence-corrected chi connectivity index (χ1v) is 8.11. The molecule has 27 heavy (non-hydrogen) atoms. The third-order valence-corrected chi connectivity index (χ3v) is 4.19. The molecule has 3 aromatic rings. The van der Waals surface area contributed by atoms with Crippen LogP contribution in [0.4, 0.5) is 5.69 Å². The van der Waals surface area contributed by atoms with Gasteiger partial charge in [-0.1, -0.05) is 24.3 Å². The zero-order valence-corrected chi connectivity index (χ0v) is 14.5. The zero-order valence-electron chi connectivity index (χ0n) is 14.5. The number of carboxylic acids is 2. The number of carbonyl (C=O) groups is 2. The third-order valence-electron chi connectivity index (χ3n) is 4.19. The number of benzene rings is 3. The summed E-state index contributed by atoms with van der Waals surface area (Å²) in [5, 5.41) is 18.9. The molecule has 3 aromatic carbocycles. The van der Waals surface area contributed by atoms with Crippen molar-refractivity contribution in [1.82, 2.24) is 0 Å². The molecular formula is C21H17NO5. The van der Waals surface area contributed by atoms with Crippen molar-refractivity contribution in [2.75, 3.05) is 5.73 Å². The highest BCUT2D eigenvalue weighted by Crippen LogP contribution is 2.39. The topological polar surface area (TPSA) is 110 Å². The van der Waals surface area contributed by atoms with E-state index in [9.17, 15) is 19.8 Å². The van der Waals surface area contributed by atoms with Crippen molar-refractivity contribution < 1.29 is 24.5 Å². The van der Waals surface area contributed by atoms with Crippen LogP contribution < -0.4 is 10.5 Å². The van der Waals surface area contributed by atoms with E-state index in [-0.39, 0.29) is 16.7 Å². The Morgan fingerprint density at radius 3 is 2.04 bits per heavy atom. The van der Waals surface area contributed by atoms with Gasteiger partial charge < -0.3 is 20.7 Å². The van der Waals surface area contributed by atoms with Gasteiger partial charge in [0.25, 0.3) is 0 Å². The van der Waals surface area contributed by atoms with Gasteiger partial charge in [-0.05, 0) is 54.4 Å². The van der Waals surface area contributed by atoms with Gasteiger partial charge in [0, 0.05) is 11.3 Å². The highest BCUT2D eigenvalue weighted by Gasteiger charge is 2.20. The van der Waals surface area contributed by atoms with Gasteiger partial charge in [0.15, 0.2) is 0 Å². The maximum absolute atomic E-state index is 11.6. The molecule has 0 heterocycles. The number of aromatic carboxylic acids is 2. The Bertz CT molecular complexity index is 993. The van der Waals surface area contributed by atoms with Crippen LogP contribution >= 0.6 is 0 Å². The van der Waals surface area contributed by atoms with Gasteiger partial charge in [0.05, 0.1) is 11.1 Å². The Morgan fingerprint density at radius 2 is 1.48 bits per heavy atom. The maximum Gasteiger partial charge on any atom is 0.335 e. The number of hydrogen-bond donors (Lipinski definition) is 3. The first-order chi connectivity index (χ1) is 12.9.